The summed E-state index contributed by atoms with van der Waals surface area (Å²) >= 11 is 0. The van der Waals surface area contributed by atoms with Crippen molar-refractivity contribution < 1.29 is 14.3 Å². The molecule has 1 aromatic carbocycles. The van der Waals surface area contributed by atoms with Crippen molar-refractivity contribution in [1.82, 2.24) is 15.1 Å². The van der Waals surface area contributed by atoms with Crippen molar-refractivity contribution in [1.29, 1.82) is 0 Å². The first kappa shape index (κ1) is 21.6. The molecular formula is C23H35N3O3. The van der Waals surface area contributed by atoms with Gasteiger partial charge in [0, 0.05) is 19.6 Å². The SMILES string of the molecule is CC(C)(C)OC(=O)N1CCC[C@H]1C(=O)NCc1ccc(CN2CCCCC2)cc1. The molecule has 1 atom stereocenters. The highest BCUT2D eigenvalue weighted by molar-refractivity contribution is 5.86. The van der Waals surface area contributed by atoms with Crippen molar-refractivity contribution in [3.05, 3.63) is 35.4 Å². The first-order chi connectivity index (χ1) is 13.8. The fourth-order valence-corrected chi connectivity index (χ4v) is 4.02. The monoisotopic (exact) mass is 401 g/mol. The number of benzene rings is 1. The zero-order valence-electron chi connectivity index (χ0n) is 18.1. The summed E-state index contributed by atoms with van der Waals surface area (Å²) in [6, 6.07) is 8.03. The van der Waals surface area contributed by atoms with Crippen LogP contribution in [0.5, 0.6) is 0 Å². The molecular weight excluding hydrogens is 366 g/mol. The standard InChI is InChI=1S/C23H35N3O3/c1-23(2,3)29-22(28)26-15-7-8-20(26)21(27)24-16-18-9-11-19(12-10-18)17-25-13-5-4-6-14-25/h9-12,20H,4-8,13-17H2,1-3H3,(H,24,27)/t20-/m0/s1. The van der Waals surface area contributed by atoms with E-state index in [0.717, 1.165) is 18.5 Å². The Labute approximate surface area is 174 Å². The van der Waals surface area contributed by atoms with Crippen LogP contribution in [0.15, 0.2) is 24.3 Å². The van der Waals surface area contributed by atoms with Gasteiger partial charge >= 0.3 is 6.09 Å². The molecule has 1 aromatic rings. The molecule has 0 aromatic heterocycles. The molecule has 6 nitrogen and oxygen atoms in total. The number of rotatable bonds is 5. The van der Waals surface area contributed by atoms with Crippen LogP contribution in [0, 0.1) is 0 Å². The highest BCUT2D eigenvalue weighted by atomic mass is 16.6. The van der Waals surface area contributed by atoms with Gasteiger partial charge in [-0.15, -0.1) is 0 Å². The Balaban J connectivity index is 1.48. The van der Waals surface area contributed by atoms with E-state index in [1.54, 1.807) is 4.90 Å². The zero-order valence-corrected chi connectivity index (χ0v) is 18.1. The molecule has 2 fully saturated rings. The number of amides is 2. The second-order valence-corrected chi connectivity index (χ2v) is 9.20. The van der Waals surface area contributed by atoms with Crippen LogP contribution in [0.25, 0.3) is 0 Å². The number of likely N-dealkylation sites (tertiary alicyclic amines) is 2. The van der Waals surface area contributed by atoms with Gasteiger partial charge in [-0.1, -0.05) is 30.7 Å². The van der Waals surface area contributed by atoms with Gasteiger partial charge in [0.2, 0.25) is 5.91 Å². The van der Waals surface area contributed by atoms with Crippen molar-refractivity contribution in [2.75, 3.05) is 19.6 Å². The lowest BCUT2D eigenvalue weighted by Crippen LogP contribution is -2.47. The third-order valence-electron chi connectivity index (χ3n) is 5.53. The molecule has 2 aliphatic rings. The number of hydrogen-bond acceptors (Lipinski definition) is 4. The van der Waals surface area contributed by atoms with Crippen LogP contribution in [0.3, 0.4) is 0 Å². The predicted octanol–water partition coefficient (Wildman–Crippen LogP) is 3.69. The van der Waals surface area contributed by atoms with Gasteiger partial charge in [-0.2, -0.15) is 0 Å². The minimum atomic E-state index is -0.559. The van der Waals surface area contributed by atoms with Gasteiger partial charge in [-0.05, 0) is 70.7 Å². The summed E-state index contributed by atoms with van der Waals surface area (Å²) in [4.78, 5) is 29.1. The summed E-state index contributed by atoms with van der Waals surface area (Å²) in [6.45, 7) is 9.93. The van der Waals surface area contributed by atoms with E-state index in [1.807, 2.05) is 20.8 Å². The average Bonchev–Trinajstić information content (AvgIpc) is 3.17. The molecule has 0 unspecified atom stereocenters. The van der Waals surface area contributed by atoms with Gasteiger partial charge in [0.15, 0.2) is 0 Å². The number of nitrogens with one attached hydrogen (secondary N) is 1. The molecule has 0 spiro atoms. The van der Waals surface area contributed by atoms with E-state index in [0.29, 0.717) is 19.5 Å². The van der Waals surface area contributed by atoms with E-state index < -0.39 is 17.7 Å². The Morgan fingerprint density at radius 3 is 2.31 bits per heavy atom. The fraction of sp³-hybridized carbons (Fsp3) is 0.652. The summed E-state index contributed by atoms with van der Waals surface area (Å²) in [7, 11) is 0. The number of carbonyl (C=O) groups excluding carboxylic acids is 2. The molecule has 0 radical (unpaired) electrons. The fourth-order valence-electron chi connectivity index (χ4n) is 4.02. The summed E-state index contributed by atoms with van der Waals surface area (Å²) in [6.07, 6.45) is 5.04. The van der Waals surface area contributed by atoms with Crippen molar-refractivity contribution >= 4 is 12.0 Å². The predicted molar refractivity (Wildman–Crippen MR) is 113 cm³/mol. The number of hydrogen-bond donors (Lipinski definition) is 1. The number of nitrogens with zero attached hydrogens (tertiary/aromatic N) is 2. The quantitative estimate of drug-likeness (QED) is 0.817. The van der Waals surface area contributed by atoms with E-state index in [9.17, 15) is 9.59 Å². The van der Waals surface area contributed by atoms with Gasteiger partial charge in [-0.3, -0.25) is 14.6 Å². The van der Waals surface area contributed by atoms with Crippen molar-refractivity contribution in [3.8, 4) is 0 Å². The van der Waals surface area contributed by atoms with Crippen LogP contribution in [0.1, 0.15) is 64.0 Å². The number of carbonyl (C=O) groups is 2. The number of ether oxygens (including phenoxy) is 1. The molecule has 2 amide bonds. The van der Waals surface area contributed by atoms with Crippen molar-refractivity contribution in [3.63, 3.8) is 0 Å². The maximum atomic E-state index is 12.7. The van der Waals surface area contributed by atoms with E-state index in [-0.39, 0.29) is 5.91 Å². The van der Waals surface area contributed by atoms with Crippen LogP contribution < -0.4 is 5.32 Å². The zero-order chi connectivity index (χ0) is 20.9. The number of piperidine rings is 1. The first-order valence-electron chi connectivity index (χ1n) is 10.9. The van der Waals surface area contributed by atoms with Crippen molar-refractivity contribution in [2.45, 2.75) is 77.6 Å². The average molecular weight is 402 g/mol. The van der Waals surface area contributed by atoms with E-state index in [1.165, 1.54) is 37.9 Å². The molecule has 0 bridgehead atoms. The highest BCUT2D eigenvalue weighted by Crippen LogP contribution is 2.21. The first-order valence-corrected chi connectivity index (χ1v) is 10.9. The normalized spacial score (nSPS) is 20.5. The summed E-state index contributed by atoms with van der Waals surface area (Å²) < 4.78 is 5.44. The Hall–Kier alpha value is -2.08. The molecule has 1 N–H and O–H groups in total. The second-order valence-electron chi connectivity index (χ2n) is 9.20. The van der Waals surface area contributed by atoms with E-state index >= 15 is 0 Å². The molecule has 6 heteroatoms. The van der Waals surface area contributed by atoms with E-state index in [2.05, 4.69) is 34.5 Å². The van der Waals surface area contributed by atoms with Gasteiger partial charge in [0.05, 0.1) is 0 Å². The third-order valence-corrected chi connectivity index (χ3v) is 5.53. The van der Waals surface area contributed by atoms with Gasteiger partial charge in [0.25, 0.3) is 0 Å². The van der Waals surface area contributed by atoms with Crippen LogP contribution in [0.2, 0.25) is 0 Å². The lowest BCUT2D eigenvalue weighted by molar-refractivity contribution is -0.125. The Morgan fingerprint density at radius 1 is 1.00 bits per heavy atom. The molecule has 0 saturated carbocycles. The smallest absolute Gasteiger partial charge is 0.410 e. The molecule has 2 saturated heterocycles. The summed E-state index contributed by atoms with van der Waals surface area (Å²) in [5.74, 6) is -0.106. The minimum absolute atomic E-state index is 0.106. The third kappa shape index (κ3) is 6.46. The largest absolute Gasteiger partial charge is 0.444 e. The second kappa shape index (κ2) is 9.61. The Kier molecular flexibility index (Phi) is 7.17. The molecule has 0 aliphatic carbocycles. The maximum Gasteiger partial charge on any atom is 0.410 e. The Morgan fingerprint density at radius 2 is 1.66 bits per heavy atom. The topological polar surface area (TPSA) is 61.9 Å². The van der Waals surface area contributed by atoms with Crippen molar-refractivity contribution in [2.24, 2.45) is 0 Å². The van der Waals surface area contributed by atoms with Crippen LogP contribution in [0.4, 0.5) is 4.79 Å². The minimum Gasteiger partial charge on any atom is -0.444 e. The van der Waals surface area contributed by atoms with Gasteiger partial charge < -0.3 is 10.1 Å². The Bertz CT molecular complexity index is 690. The molecule has 3 rings (SSSR count). The lowest BCUT2D eigenvalue weighted by Gasteiger charge is -2.28. The van der Waals surface area contributed by atoms with Crippen LogP contribution in [-0.4, -0.2) is 53.1 Å². The van der Waals surface area contributed by atoms with E-state index in [4.69, 9.17) is 4.74 Å². The van der Waals surface area contributed by atoms with Crippen LogP contribution in [-0.2, 0) is 22.6 Å². The highest BCUT2D eigenvalue weighted by Gasteiger charge is 2.36. The lowest BCUT2D eigenvalue weighted by atomic mass is 10.1. The van der Waals surface area contributed by atoms with Crippen LogP contribution >= 0.6 is 0 Å². The molecule has 160 valence electrons. The summed E-state index contributed by atoms with van der Waals surface area (Å²) in [5.41, 5.74) is 1.83. The van der Waals surface area contributed by atoms with Gasteiger partial charge in [-0.25, -0.2) is 4.79 Å². The summed E-state index contributed by atoms with van der Waals surface area (Å²) in [5, 5.41) is 2.99. The van der Waals surface area contributed by atoms with Gasteiger partial charge in [0.1, 0.15) is 11.6 Å². The molecule has 2 aliphatic heterocycles. The maximum absolute atomic E-state index is 12.7. The molecule has 29 heavy (non-hydrogen) atoms. The molecule has 2 heterocycles.